The quantitative estimate of drug-likeness (QED) is 0.365. The average Bonchev–Trinajstić information content (AvgIpc) is 3.10. The third-order valence-electron chi connectivity index (χ3n) is 4.42. The maximum atomic E-state index is 13.0. The Balaban J connectivity index is 1.68. The highest BCUT2D eigenvalue weighted by Gasteiger charge is 2.15. The summed E-state index contributed by atoms with van der Waals surface area (Å²) in [6.07, 6.45) is 1.98. The van der Waals surface area contributed by atoms with Crippen molar-refractivity contribution < 1.29 is 9.18 Å². The molecule has 1 aromatic carbocycles. The summed E-state index contributed by atoms with van der Waals surface area (Å²) < 4.78 is 14.8. The number of carbonyl (C=O) groups excluding carboxylic acids is 1. The third-order valence-corrected chi connectivity index (χ3v) is 5.28. The Labute approximate surface area is 186 Å². The lowest BCUT2D eigenvalue weighted by Gasteiger charge is -2.12. The molecule has 0 saturated carbocycles. The van der Waals surface area contributed by atoms with Gasteiger partial charge in [-0.15, -0.1) is 0 Å². The minimum Gasteiger partial charge on any atom is -0.369 e. The van der Waals surface area contributed by atoms with Crippen LogP contribution in [-0.4, -0.2) is 44.0 Å². The molecule has 31 heavy (non-hydrogen) atoms. The summed E-state index contributed by atoms with van der Waals surface area (Å²) in [6.45, 7) is 10.2. The van der Waals surface area contributed by atoms with E-state index >= 15 is 0 Å². The number of halogens is 1. The summed E-state index contributed by atoms with van der Waals surface area (Å²) in [6, 6.07) is 5.95. The first-order chi connectivity index (χ1) is 14.8. The van der Waals surface area contributed by atoms with E-state index in [9.17, 15) is 9.18 Å². The Morgan fingerprint density at radius 1 is 1.16 bits per heavy atom. The van der Waals surface area contributed by atoms with Crippen molar-refractivity contribution in [3.63, 3.8) is 0 Å². The van der Waals surface area contributed by atoms with Crippen molar-refractivity contribution in [1.29, 1.82) is 0 Å². The lowest BCUT2D eigenvalue weighted by molar-refractivity contribution is -0.120. The normalized spacial score (nSPS) is 11.5. The van der Waals surface area contributed by atoms with Gasteiger partial charge in [0.05, 0.1) is 24.5 Å². The van der Waals surface area contributed by atoms with Gasteiger partial charge in [-0.2, -0.15) is 5.10 Å². The molecule has 7 nitrogen and oxygen atoms in total. The minimum absolute atomic E-state index is 0.118. The van der Waals surface area contributed by atoms with Crippen LogP contribution in [-0.2, 0) is 17.8 Å². The standard InChI is InChI=1S/C22H29FN6OS/c1-14(2)12-25-20-18-13-26-29(21(18)28-22(27-20)31-15(3)4)10-9-24-19(30)11-16-5-7-17(23)8-6-16/h5-8,13-15H,9-12H2,1-4H3,(H,24,30)(H,25,27,28). The van der Waals surface area contributed by atoms with E-state index in [0.717, 1.165) is 29.0 Å². The van der Waals surface area contributed by atoms with E-state index < -0.39 is 0 Å². The molecule has 2 heterocycles. The number of nitrogens with zero attached hydrogens (tertiary/aromatic N) is 4. The number of hydrogen-bond donors (Lipinski definition) is 2. The fourth-order valence-electron chi connectivity index (χ4n) is 2.95. The molecular weight excluding hydrogens is 415 g/mol. The van der Waals surface area contributed by atoms with Crippen molar-refractivity contribution in [2.75, 3.05) is 18.4 Å². The molecule has 0 radical (unpaired) electrons. The molecule has 2 aromatic heterocycles. The number of hydrogen-bond acceptors (Lipinski definition) is 6. The van der Waals surface area contributed by atoms with Crippen molar-refractivity contribution in [1.82, 2.24) is 25.1 Å². The predicted molar refractivity (Wildman–Crippen MR) is 123 cm³/mol. The molecule has 2 N–H and O–H groups in total. The van der Waals surface area contributed by atoms with Gasteiger partial charge < -0.3 is 10.6 Å². The molecule has 0 aliphatic rings. The van der Waals surface area contributed by atoms with Gasteiger partial charge in [0.25, 0.3) is 0 Å². The highest BCUT2D eigenvalue weighted by atomic mass is 32.2. The number of aromatic nitrogens is 4. The summed E-state index contributed by atoms with van der Waals surface area (Å²) in [5.74, 6) is 0.841. The number of thioether (sulfide) groups is 1. The molecule has 0 saturated heterocycles. The molecule has 0 unspecified atom stereocenters. The smallest absolute Gasteiger partial charge is 0.224 e. The molecule has 0 atom stereocenters. The first-order valence-corrected chi connectivity index (χ1v) is 11.3. The van der Waals surface area contributed by atoms with Gasteiger partial charge >= 0.3 is 0 Å². The number of amides is 1. The van der Waals surface area contributed by atoms with Crippen LogP contribution in [0.15, 0.2) is 35.6 Å². The van der Waals surface area contributed by atoms with Crippen molar-refractivity contribution in [2.24, 2.45) is 5.92 Å². The molecule has 0 aliphatic carbocycles. The summed E-state index contributed by atoms with van der Waals surface area (Å²) in [5, 5.41) is 12.7. The zero-order chi connectivity index (χ0) is 22.4. The number of carbonyl (C=O) groups is 1. The molecule has 0 spiro atoms. The fourth-order valence-corrected chi connectivity index (χ4v) is 3.65. The van der Waals surface area contributed by atoms with Gasteiger partial charge in [-0.1, -0.05) is 51.6 Å². The van der Waals surface area contributed by atoms with Crippen LogP contribution in [0.2, 0.25) is 0 Å². The second kappa shape index (κ2) is 10.6. The van der Waals surface area contributed by atoms with E-state index in [0.29, 0.717) is 29.4 Å². The van der Waals surface area contributed by atoms with Crippen LogP contribution in [0.25, 0.3) is 11.0 Å². The van der Waals surface area contributed by atoms with E-state index in [1.165, 1.54) is 12.1 Å². The van der Waals surface area contributed by atoms with Crippen LogP contribution < -0.4 is 10.6 Å². The molecule has 1 amide bonds. The Morgan fingerprint density at radius 3 is 2.58 bits per heavy atom. The van der Waals surface area contributed by atoms with Gasteiger partial charge in [0.2, 0.25) is 5.91 Å². The Kier molecular flexibility index (Phi) is 7.84. The van der Waals surface area contributed by atoms with Gasteiger partial charge in [-0.3, -0.25) is 4.79 Å². The van der Waals surface area contributed by atoms with Gasteiger partial charge in [-0.25, -0.2) is 19.0 Å². The van der Waals surface area contributed by atoms with Crippen LogP contribution in [0.5, 0.6) is 0 Å². The van der Waals surface area contributed by atoms with Crippen LogP contribution in [0.1, 0.15) is 33.3 Å². The molecule has 0 aliphatic heterocycles. The lowest BCUT2D eigenvalue weighted by Crippen LogP contribution is -2.28. The number of nitrogens with one attached hydrogen (secondary N) is 2. The lowest BCUT2D eigenvalue weighted by atomic mass is 10.1. The second-order valence-corrected chi connectivity index (χ2v) is 9.60. The first-order valence-electron chi connectivity index (χ1n) is 10.5. The molecule has 3 aromatic rings. The summed E-state index contributed by atoms with van der Waals surface area (Å²) in [4.78, 5) is 21.6. The predicted octanol–water partition coefficient (Wildman–Crippen LogP) is 3.89. The van der Waals surface area contributed by atoms with E-state index in [2.05, 4.69) is 48.4 Å². The zero-order valence-corrected chi connectivity index (χ0v) is 19.2. The summed E-state index contributed by atoms with van der Waals surface area (Å²) in [5.41, 5.74) is 1.52. The topological polar surface area (TPSA) is 84.7 Å². The molecule has 0 bridgehead atoms. The van der Waals surface area contributed by atoms with Crippen LogP contribution in [0.4, 0.5) is 10.2 Å². The highest BCUT2D eigenvalue weighted by Crippen LogP contribution is 2.26. The Morgan fingerprint density at radius 2 is 1.90 bits per heavy atom. The third kappa shape index (κ3) is 6.65. The zero-order valence-electron chi connectivity index (χ0n) is 18.4. The molecule has 166 valence electrons. The second-order valence-electron chi connectivity index (χ2n) is 8.05. The van der Waals surface area contributed by atoms with Crippen LogP contribution in [0.3, 0.4) is 0 Å². The van der Waals surface area contributed by atoms with E-state index in [1.807, 2.05) is 0 Å². The fraction of sp³-hybridized carbons (Fsp3) is 0.455. The van der Waals surface area contributed by atoms with Crippen LogP contribution in [0, 0.1) is 11.7 Å². The SMILES string of the molecule is CC(C)CNc1nc(SC(C)C)nc2c1cnn2CCNC(=O)Cc1ccc(F)cc1. The van der Waals surface area contributed by atoms with E-state index in [4.69, 9.17) is 4.98 Å². The van der Waals surface area contributed by atoms with Crippen molar-refractivity contribution >= 4 is 34.5 Å². The van der Waals surface area contributed by atoms with Crippen molar-refractivity contribution in [3.05, 3.63) is 41.8 Å². The summed E-state index contributed by atoms with van der Waals surface area (Å²) in [7, 11) is 0. The van der Waals surface area contributed by atoms with Gasteiger partial charge in [0, 0.05) is 18.3 Å². The number of rotatable bonds is 10. The van der Waals surface area contributed by atoms with E-state index in [-0.39, 0.29) is 18.1 Å². The highest BCUT2D eigenvalue weighted by molar-refractivity contribution is 7.99. The van der Waals surface area contributed by atoms with Crippen molar-refractivity contribution in [2.45, 2.75) is 51.1 Å². The summed E-state index contributed by atoms with van der Waals surface area (Å²) >= 11 is 1.60. The number of benzene rings is 1. The van der Waals surface area contributed by atoms with Gasteiger partial charge in [-0.05, 0) is 23.6 Å². The average molecular weight is 445 g/mol. The van der Waals surface area contributed by atoms with E-state index in [1.54, 1.807) is 34.8 Å². The van der Waals surface area contributed by atoms with Crippen molar-refractivity contribution in [3.8, 4) is 0 Å². The largest absolute Gasteiger partial charge is 0.369 e. The number of anilines is 1. The van der Waals surface area contributed by atoms with Crippen LogP contribution >= 0.6 is 11.8 Å². The maximum absolute atomic E-state index is 13.0. The Bertz CT molecular complexity index is 1020. The molecule has 3 rings (SSSR count). The Hall–Kier alpha value is -2.68. The minimum atomic E-state index is -0.311. The maximum Gasteiger partial charge on any atom is 0.224 e. The van der Waals surface area contributed by atoms with Gasteiger partial charge in [0.1, 0.15) is 11.6 Å². The monoisotopic (exact) mass is 444 g/mol. The van der Waals surface area contributed by atoms with Gasteiger partial charge in [0.15, 0.2) is 10.8 Å². The molecule has 0 fully saturated rings. The first kappa shape index (κ1) is 23.0. The number of fused-ring (bicyclic) bond motifs is 1. The molecule has 9 heteroatoms. The molecular formula is C22H29FN6OS.